The Kier molecular flexibility index (Phi) is 8.10. The molecule has 3 aromatic rings. The van der Waals surface area contributed by atoms with Crippen LogP contribution < -0.4 is 5.32 Å². The largest absolute Gasteiger partial charge is 0.326 e. The number of hydrogen-bond acceptors (Lipinski definition) is 5. The molecule has 0 fully saturated rings. The lowest BCUT2D eigenvalue weighted by molar-refractivity contribution is -0.114. The topological polar surface area (TPSA) is 78.5 Å². The monoisotopic (exact) mass is 677 g/mol. The summed E-state index contributed by atoms with van der Waals surface area (Å²) in [6, 6.07) is 16.8. The summed E-state index contributed by atoms with van der Waals surface area (Å²) in [6.45, 7) is 14.4. The maximum Gasteiger partial charge on any atom is 0.221 e. The van der Waals surface area contributed by atoms with E-state index in [1.165, 1.54) is 40.3 Å². The molecular weight excluding hydrogens is 639 g/mol. The Morgan fingerprint density at radius 3 is 1.54 bits per heavy atom. The van der Waals surface area contributed by atoms with Crippen LogP contribution in [0.4, 0.5) is 5.69 Å². The second-order valence-electron chi connectivity index (χ2n) is 14.0. The van der Waals surface area contributed by atoms with Crippen molar-refractivity contribution in [3.63, 3.8) is 0 Å². The Labute approximate surface area is 305 Å². The minimum absolute atomic E-state index is 0.115. The van der Waals surface area contributed by atoms with Crippen molar-refractivity contribution >= 4 is 51.2 Å². The molecule has 0 spiro atoms. The van der Waals surface area contributed by atoms with Gasteiger partial charge in [-0.05, 0) is 147 Å². The minimum atomic E-state index is -0.115. The highest BCUT2D eigenvalue weighted by Gasteiger charge is 2.27. The summed E-state index contributed by atoms with van der Waals surface area (Å²) in [5, 5.41) is 2.89. The molecule has 8 rings (SSSR count). The summed E-state index contributed by atoms with van der Waals surface area (Å²) in [5.74, 6) is -0.115. The first-order valence-electron chi connectivity index (χ1n) is 17.6. The van der Waals surface area contributed by atoms with Gasteiger partial charge in [0.1, 0.15) is 0 Å². The predicted molar refractivity (Wildman–Crippen MR) is 217 cm³/mol. The van der Waals surface area contributed by atoms with Gasteiger partial charge in [0, 0.05) is 29.3 Å². The van der Waals surface area contributed by atoms with E-state index in [-0.39, 0.29) is 5.91 Å². The molecule has 1 amide bonds. The molecule has 5 aliphatic rings. The number of nitrogens with one attached hydrogen (secondary N) is 1. The Hall–Kier alpha value is -6.27. The third-order valence-electron chi connectivity index (χ3n) is 9.78. The Balaban J connectivity index is 1.43. The van der Waals surface area contributed by atoms with Crippen molar-refractivity contribution in [3.05, 3.63) is 176 Å². The van der Waals surface area contributed by atoms with Crippen molar-refractivity contribution in [1.29, 1.82) is 0 Å². The van der Waals surface area contributed by atoms with E-state index in [1.807, 2.05) is 30.3 Å². The van der Waals surface area contributed by atoms with Crippen LogP contribution in [0.25, 0.3) is 16.7 Å². The fourth-order valence-corrected chi connectivity index (χ4v) is 7.90. The summed E-state index contributed by atoms with van der Waals surface area (Å²) < 4.78 is 0. The van der Waals surface area contributed by atoms with Gasteiger partial charge in [-0.3, -0.25) is 4.79 Å². The minimum Gasteiger partial charge on any atom is -0.326 e. The van der Waals surface area contributed by atoms with Crippen LogP contribution >= 0.6 is 0 Å². The number of rotatable bonds is 4. The van der Waals surface area contributed by atoms with E-state index < -0.39 is 0 Å². The molecule has 0 unspecified atom stereocenters. The molecule has 0 aliphatic carbocycles. The van der Waals surface area contributed by atoms with Gasteiger partial charge in [-0.2, -0.15) is 0 Å². The first-order valence-corrected chi connectivity index (χ1v) is 17.6. The molecule has 0 aromatic heterocycles. The highest BCUT2D eigenvalue weighted by Crippen LogP contribution is 2.39. The summed E-state index contributed by atoms with van der Waals surface area (Å²) >= 11 is 0. The van der Waals surface area contributed by atoms with Gasteiger partial charge in [0.05, 0.1) is 45.6 Å². The standard InChI is InChI=1S/C46H39N5O/c1-25-20-27(3)42(28(4)21-25)45-38-14-12-34(48-38)24-35-13-15-39(49-35)46(43-29(5)22-26(2)23-30(43)6)41-19-17-37(51-41)44(36-16-18-40(45)50-36)32-8-10-33(11-9-32)47-31(7)52/h8-24H,1-7H3,(H,47,52). The van der Waals surface area contributed by atoms with Crippen LogP contribution in [0.1, 0.15) is 57.0 Å². The first kappa shape index (κ1) is 32.9. The zero-order chi connectivity index (χ0) is 36.3. The summed E-state index contributed by atoms with van der Waals surface area (Å²) in [6.07, 6.45) is 18.7. The summed E-state index contributed by atoms with van der Waals surface area (Å²) in [5.41, 5.74) is 20.6. The molecule has 0 atom stereocenters. The maximum atomic E-state index is 11.8. The van der Waals surface area contributed by atoms with Crippen LogP contribution in [-0.2, 0) is 4.79 Å². The number of anilines is 1. The van der Waals surface area contributed by atoms with Gasteiger partial charge in [-0.1, -0.05) is 47.5 Å². The molecule has 8 bridgehead atoms. The molecule has 1 N–H and O–H groups in total. The molecule has 52 heavy (non-hydrogen) atoms. The Morgan fingerprint density at radius 2 is 0.981 bits per heavy atom. The molecule has 6 heteroatoms. The molecule has 5 heterocycles. The number of fused-ring (bicyclic) bond motifs is 4. The fourth-order valence-electron chi connectivity index (χ4n) is 7.90. The number of allylic oxidation sites excluding steroid dienone is 12. The number of aliphatic imine (C=N–C) groups is 4. The van der Waals surface area contributed by atoms with Crippen LogP contribution in [0, 0.1) is 41.5 Å². The van der Waals surface area contributed by atoms with Gasteiger partial charge in [0.15, 0.2) is 0 Å². The molecule has 3 aromatic carbocycles. The zero-order valence-corrected chi connectivity index (χ0v) is 30.5. The van der Waals surface area contributed by atoms with Gasteiger partial charge >= 0.3 is 0 Å². The fraction of sp³-hybridized carbons (Fsp3) is 0.152. The highest BCUT2D eigenvalue weighted by molar-refractivity contribution is 6.38. The Morgan fingerprint density at radius 1 is 0.519 bits per heavy atom. The SMILES string of the molecule is CC(=O)Nc1ccc(C2=C3C=CC(=N3)C(c3c(C)cc(C)cc3C)=C3C=CC(=N3)C=C3C=CC(=N3)C(c3c(C)cc(C)cc3C)=C3C=CC2=N3)cc1. The van der Waals surface area contributed by atoms with Crippen molar-refractivity contribution < 1.29 is 4.79 Å². The molecule has 5 aliphatic heterocycles. The lowest BCUT2D eigenvalue weighted by Gasteiger charge is -2.17. The average Bonchev–Trinajstić information content (AvgIpc) is 3.90. The average molecular weight is 678 g/mol. The van der Waals surface area contributed by atoms with E-state index in [2.05, 4.69) is 120 Å². The van der Waals surface area contributed by atoms with E-state index >= 15 is 0 Å². The van der Waals surface area contributed by atoms with Crippen LogP contribution in [0.2, 0.25) is 0 Å². The van der Waals surface area contributed by atoms with Crippen LogP contribution in [0.15, 0.2) is 146 Å². The second-order valence-corrected chi connectivity index (χ2v) is 14.0. The lowest BCUT2D eigenvalue weighted by Crippen LogP contribution is -2.06. The first-order chi connectivity index (χ1) is 25.0. The van der Waals surface area contributed by atoms with Crippen molar-refractivity contribution in [2.75, 3.05) is 5.32 Å². The third kappa shape index (κ3) is 5.96. The summed E-state index contributed by atoms with van der Waals surface area (Å²) in [7, 11) is 0. The molecule has 0 saturated carbocycles. The number of hydrogen-bond donors (Lipinski definition) is 1. The van der Waals surface area contributed by atoms with E-state index in [1.54, 1.807) is 0 Å². The lowest BCUT2D eigenvalue weighted by atomic mass is 9.90. The van der Waals surface area contributed by atoms with Gasteiger partial charge in [-0.15, -0.1) is 0 Å². The van der Waals surface area contributed by atoms with Crippen molar-refractivity contribution in [3.8, 4) is 0 Å². The van der Waals surface area contributed by atoms with Gasteiger partial charge in [0.2, 0.25) is 5.91 Å². The number of amides is 1. The van der Waals surface area contributed by atoms with Gasteiger partial charge in [-0.25, -0.2) is 20.0 Å². The highest BCUT2D eigenvalue weighted by atomic mass is 16.1. The van der Waals surface area contributed by atoms with Gasteiger partial charge < -0.3 is 5.32 Å². The van der Waals surface area contributed by atoms with Crippen LogP contribution in [0.3, 0.4) is 0 Å². The predicted octanol–water partition coefficient (Wildman–Crippen LogP) is 9.97. The molecule has 254 valence electrons. The van der Waals surface area contributed by atoms with Crippen molar-refractivity contribution in [2.45, 2.75) is 48.5 Å². The quantitative estimate of drug-likeness (QED) is 0.293. The molecule has 6 nitrogen and oxygen atoms in total. The number of aryl methyl sites for hydroxylation is 6. The van der Waals surface area contributed by atoms with Crippen molar-refractivity contribution in [1.82, 2.24) is 0 Å². The van der Waals surface area contributed by atoms with Crippen LogP contribution in [0.5, 0.6) is 0 Å². The number of carbonyl (C=O) groups is 1. The normalized spacial score (nSPS) is 17.2. The number of carbonyl (C=O) groups excluding carboxylic acids is 1. The molecular formula is C46H39N5O. The van der Waals surface area contributed by atoms with Crippen LogP contribution in [-0.4, -0.2) is 28.8 Å². The Bertz CT molecular complexity index is 2430. The van der Waals surface area contributed by atoms with Gasteiger partial charge in [0.25, 0.3) is 0 Å². The number of benzene rings is 3. The second kappa shape index (κ2) is 12.8. The van der Waals surface area contributed by atoms with Crippen molar-refractivity contribution in [2.24, 2.45) is 20.0 Å². The third-order valence-corrected chi connectivity index (χ3v) is 9.78. The summed E-state index contributed by atoms with van der Waals surface area (Å²) in [4.78, 5) is 32.9. The van der Waals surface area contributed by atoms with E-state index in [9.17, 15) is 4.79 Å². The molecule has 0 radical (unpaired) electrons. The van der Waals surface area contributed by atoms with E-state index in [4.69, 9.17) is 20.0 Å². The maximum absolute atomic E-state index is 11.8. The van der Waals surface area contributed by atoms with E-state index in [0.29, 0.717) is 0 Å². The van der Waals surface area contributed by atoms with E-state index in [0.717, 1.165) is 84.7 Å². The molecule has 0 saturated heterocycles. The zero-order valence-electron chi connectivity index (χ0n) is 30.5. The smallest absolute Gasteiger partial charge is 0.221 e. The number of nitrogens with zero attached hydrogens (tertiary/aromatic N) is 4.